The van der Waals surface area contributed by atoms with Crippen LogP contribution in [0.15, 0.2) is 42.6 Å². The number of pyridine rings is 1. The summed E-state index contributed by atoms with van der Waals surface area (Å²) in [6.07, 6.45) is 8.55. The lowest BCUT2D eigenvalue weighted by atomic mass is 9.91. The Morgan fingerprint density at radius 2 is 1.80 bits per heavy atom. The van der Waals surface area contributed by atoms with E-state index in [1.54, 1.807) is 26.4 Å². The van der Waals surface area contributed by atoms with Crippen LogP contribution in [0.25, 0.3) is 11.1 Å². The maximum atomic E-state index is 13.7. The Kier molecular flexibility index (Phi) is 6.64. The third-order valence-electron chi connectivity index (χ3n) is 8.10. The van der Waals surface area contributed by atoms with E-state index in [2.05, 4.69) is 39.0 Å². The van der Waals surface area contributed by atoms with Crippen LogP contribution in [0.2, 0.25) is 0 Å². The van der Waals surface area contributed by atoms with Crippen LogP contribution in [0.3, 0.4) is 0 Å². The minimum absolute atomic E-state index is 0.114. The quantitative estimate of drug-likeness (QED) is 0.717. The fourth-order valence-electron chi connectivity index (χ4n) is 6.18. The first-order valence-corrected chi connectivity index (χ1v) is 12.9. The molecule has 2 amide bonds. The average molecular weight is 477 g/mol. The Morgan fingerprint density at radius 1 is 1.09 bits per heavy atom. The van der Waals surface area contributed by atoms with Gasteiger partial charge in [0.25, 0.3) is 5.91 Å². The Morgan fingerprint density at radius 3 is 2.46 bits per heavy atom. The molecular weight excluding hydrogens is 440 g/mol. The molecule has 186 valence electrons. The number of β-amino-alcohol motifs (C(OH)–C–C–N with tert-alkyl or cyclic N) is 1. The lowest BCUT2D eigenvalue weighted by Crippen LogP contribution is -2.51. The van der Waals surface area contributed by atoms with E-state index in [1.165, 1.54) is 24.2 Å². The largest absolute Gasteiger partial charge is 0.392 e. The molecule has 3 fully saturated rings. The van der Waals surface area contributed by atoms with E-state index in [9.17, 15) is 14.7 Å². The predicted molar refractivity (Wildman–Crippen MR) is 135 cm³/mol. The molecule has 1 saturated carbocycles. The number of nitrogens with zero attached hydrogens (tertiary/aromatic N) is 4. The number of carbonyl (C=O) groups excluding carboxylic acids is 2. The van der Waals surface area contributed by atoms with Gasteiger partial charge in [-0.3, -0.25) is 19.5 Å². The molecule has 7 nitrogen and oxygen atoms in total. The maximum Gasteiger partial charge on any atom is 0.271 e. The summed E-state index contributed by atoms with van der Waals surface area (Å²) in [7, 11) is 3.43. The normalized spacial score (nSPS) is 25.5. The zero-order valence-corrected chi connectivity index (χ0v) is 20.8. The van der Waals surface area contributed by atoms with Gasteiger partial charge in [0.1, 0.15) is 11.2 Å². The minimum Gasteiger partial charge on any atom is -0.392 e. The first-order valence-electron chi connectivity index (χ1n) is 12.9. The van der Waals surface area contributed by atoms with Crippen molar-refractivity contribution < 1.29 is 14.7 Å². The molecule has 7 heteroatoms. The molecule has 3 aliphatic rings. The van der Waals surface area contributed by atoms with Gasteiger partial charge in [-0.05, 0) is 36.5 Å². The average Bonchev–Trinajstić information content (AvgIpc) is 3.37. The van der Waals surface area contributed by atoms with Crippen molar-refractivity contribution in [3.8, 4) is 11.1 Å². The summed E-state index contributed by atoms with van der Waals surface area (Å²) in [4.78, 5) is 35.9. The third kappa shape index (κ3) is 4.59. The first kappa shape index (κ1) is 23.9. The van der Waals surface area contributed by atoms with E-state index >= 15 is 0 Å². The standard InChI is InChI=1S/C28H36N4O3/c1-30(2)26(34)25-13-12-22(17-29-25)21-10-8-20(9-11-21)18-31-19-24(33)16-28(31)14-15-32(27(28)35)23-6-4-3-5-7-23/h8-13,17,23-24,33H,3-7,14-16,18-19H2,1-2H3/t24-,28+/m1/s1. The van der Waals surface area contributed by atoms with Crippen molar-refractivity contribution in [2.75, 3.05) is 27.2 Å². The smallest absolute Gasteiger partial charge is 0.271 e. The Balaban J connectivity index is 1.29. The van der Waals surface area contributed by atoms with E-state index in [4.69, 9.17) is 0 Å². The number of amides is 2. The summed E-state index contributed by atoms with van der Waals surface area (Å²) in [5.41, 5.74) is 2.97. The third-order valence-corrected chi connectivity index (χ3v) is 8.10. The van der Waals surface area contributed by atoms with E-state index in [0.29, 0.717) is 31.2 Å². The van der Waals surface area contributed by atoms with Crippen LogP contribution in [0.4, 0.5) is 0 Å². The maximum absolute atomic E-state index is 13.7. The van der Waals surface area contributed by atoms with Crippen molar-refractivity contribution in [1.82, 2.24) is 19.7 Å². The number of benzene rings is 1. The van der Waals surface area contributed by atoms with Crippen LogP contribution >= 0.6 is 0 Å². The molecule has 2 aliphatic heterocycles. The number of rotatable bonds is 5. The van der Waals surface area contributed by atoms with Crippen LogP contribution in [0, 0.1) is 0 Å². The lowest BCUT2D eigenvalue weighted by Gasteiger charge is -2.36. The monoisotopic (exact) mass is 476 g/mol. The number of likely N-dealkylation sites (tertiary alicyclic amines) is 2. The number of aromatic nitrogens is 1. The van der Waals surface area contributed by atoms with Gasteiger partial charge in [0.2, 0.25) is 5.91 Å². The van der Waals surface area contributed by atoms with Crippen molar-refractivity contribution in [3.63, 3.8) is 0 Å². The molecule has 0 unspecified atom stereocenters. The molecular formula is C28H36N4O3. The summed E-state index contributed by atoms with van der Waals surface area (Å²) in [6.45, 7) is 2.00. The number of aliphatic hydroxyl groups excluding tert-OH is 1. The number of hydrogen-bond donors (Lipinski definition) is 1. The summed E-state index contributed by atoms with van der Waals surface area (Å²) in [5, 5.41) is 10.6. The molecule has 2 aromatic rings. The number of carbonyl (C=O) groups is 2. The summed E-state index contributed by atoms with van der Waals surface area (Å²) in [5.74, 6) is 0.119. The van der Waals surface area contributed by atoms with Crippen molar-refractivity contribution in [2.24, 2.45) is 0 Å². The molecule has 1 aromatic carbocycles. The van der Waals surface area contributed by atoms with E-state index in [1.807, 2.05) is 6.07 Å². The zero-order valence-electron chi connectivity index (χ0n) is 20.8. The van der Waals surface area contributed by atoms with Crippen molar-refractivity contribution >= 4 is 11.8 Å². The molecule has 0 bridgehead atoms. The molecule has 3 heterocycles. The van der Waals surface area contributed by atoms with Crippen LogP contribution in [0.1, 0.15) is 61.0 Å². The Hall–Kier alpha value is -2.77. The van der Waals surface area contributed by atoms with Gasteiger partial charge in [-0.15, -0.1) is 0 Å². The highest BCUT2D eigenvalue weighted by molar-refractivity contribution is 5.92. The second-order valence-corrected chi connectivity index (χ2v) is 10.6. The second-order valence-electron chi connectivity index (χ2n) is 10.6. The van der Waals surface area contributed by atoms with Crippen molar-refractivity contribution in [3.05, 3.63) is 53.9 Å². The summed E-state index contributed by atoms with van der Waals surface area (Å²) >= 11 is 0. The van der Waals surface area contributed by atoms with Crippen molar-refractivity contribution in [1.29, 1.82) is 0 Å². The van der Waals surface area contributed by atoms with Crippen LogP contribution in [0.5, 0.6) is 0 Å². The second kappa shape index (κ2) is 9.70. The summed E-state index contributed by atoms with van der Waals surface area (Å²) < 4.78 is 0. The molecule has 1 N–H and O–H groups in total. The van der Waals surface area contributed by atoms with Crippen LogP contribution < -0.4 is 0 Å². The van der Waals surface area contributed by atoms with Gasteiger partial charge in [0.05, 0.1) is 6.10 Å². The Labute approximate surface area is 207 Å². The highest BCUT2D eigenvalue weighted by atomic mass is 16.3. The molecule has 2 atom stereocenters. The van der Waals surface area contributed by atoms with Gasteiger partial charge >= 0.3 is 0 Å². The van der Waals surface area contributed by atoms with E-state index in [0.717, 1.165) is 42.5 Å². The Bertz CT molecular complexity index is 1060. The molecule has 5 rings (SSSR count). The van der Waals surface area contributed by atoms with Gasteiger partial charge in [-0.1, -0.05) is 49.6 Å². The predicted octanol–water partition coefficient (Wildman–Crippen LogP) is 3.32. The number of aliphatic hydroxyl groups is 1. The topological polar surface area (TPSA) is 77.0 Å². The molecule has 1 aliphatic carbocycles. The molecule has 2 saturated heterocycles. The fourth-order valence-corrected chi connectivity index (χ4v) is 6.18. The van der Waals surface area contributed by atoms with Gasteiger partial charge in [-0.25, -0.2) is 0 Å². The highest BCUT2D eigenvalue weighted by Gasteiger charge is 2.56. The summed E-state index contributed by atoms with van der Waals surface area (Å²) in [6, 6.07) is 12.3. The zero-order chi connectivity index (χ0) is 24.6. The van der Waals surface area contributed by atoms with E-state index < -0.39 is 11.6 Å². The molecule has 1 spiro atoms. The highest BCUT2D eigenvalue weighted by Crippen LogP contribution is 2.42. The van der Waals surface area contributed by atoms with Crippen LogP contribution in [-0.4, -0.2) is 81.5 Å². The minimum atomic E-state index is -0.561. The van der Waals surface area contributed by atoms with Crippen molar-refractivity contribution in [2.45, 2.75) is 69.2 Å². The number of hydrogen-bond acceptors (Lipinski definition) is 5. The fraction of sp³-hybridized carbons (Fsp3) is 0.536. The van der Waals surface area contributed by atoms with Gasteiger partial charge in [-0.2, -0.15) is 0 Å². The lowest BCUT2D eigenvalue weighted by molar-refractivity contribution is -0.139. The van der Waals surface area contributed by atoms with E-state index in [-0.39, 0.29) is 11.8 Å². The SMILES string of the molecule is CN(C)C(=O)c1ccc(-c2ccc(CN3C[C@H](O)C[C@]34CCN(C3CCCCC3)C4=O)cc2)cn1. The van der Waals surface area contributed by atoms with Gasteiger partial charge < -0.3 is 14.9 Å². The molecule has 35 heavy (non-hydrogen) atoms. The molecule has 1 aromatic heterocycles. The first-order chi connectivity index (χ1) is 16.9. The van der Waals surface area contributed by atoms with Gasteiger partial charge in [0, 0.05) is 58.0 Å². The van der Waals surface area contributed by atoms with Gasteiger partial charge in [0.15, 0.2) is 0 Å². The molecule has 0 radical (unpaired) electrons. The van der Waals surface area contributed by atoms with Crippen LogP contribution in [-0.2, 0) is 11.3 Å².